The molecule has 0 aliphatic carbocycles. The van der Waals surface area contributed by atoms with Gasteiger partial charge in [-0.3, -0.25) is 9.89 Å². The maximum Gasteiger partial charge on any atom is 0.257 e. The van der Waals surface area contributed by atoms with E-state index >= 15 is 0 Å². The minimum absolute atomic E-state index is 0.180. The summed E-state index contributed by atoms with van der Waals surface area (Å²) in [6.07, 6.45) is 1.63. The van der Waals surface area contributed by atoms with Crippen LogP contribution in [0.25, 0.3) is 11.3 Å². The van der Waals surface area contributed by atoms with Gasteiger partial charge in [0.25, 0.3) is 5.91 Å². The number of β-amino-alcohol motifs (C(OH)–C–C–N with tert-alkyl or cyclic N) is 1. The zero-order valence-corrected chi connectivity index (χ0v) is 12.3. The number of nitrogens with one attached hydrogen (secondary N) is 1. The van der Waals surface area contributed by atoms with Crippen LogP contribution < -0.4 is 0 Å². The third-order valence-electron chi connectivity index (χ3n) is 4.22. The molecule has 2 aromatic rings. The Morgan fingerprint density at radius 2 is 2.23 bits per heavy atom. The number of carbonyl (C=O) groups excluding carboxylic acids is 1. The number of carbonyl (C=O) groups is 1. The topological polar surface area (TPSA) is 69.2 Å². The third kappa shape index (κ3) is 2.62. The molecule has 1 amide bonds. The summed E-state index contributed by atoms with van der Waals surface area (Å²) in [5.74, 6) is -0.467. The minimum Gasteiger partial charge on any atom is -0.391 e. The molecule has 1 aromatic carbocycles. The van der Waals surface area contributed by atoms with Crippen molar-refractivity contribution >= 4 is 5.91 Å². The summed E-state index contributed by atoms with van der Waals surface area (Å²) in [4.78, 5) is 14.2. The minimum atomic E-state index is -0.526. The van der Waals surface area contributed by atoms with Crippen LogP contribution in [0.2, 0.25) is 0 Å². The lowest BCUT2D eigenvalue weighted by Crippen LogP contribution is -2.45. The molecule has 1 saturated heterocycles. The van der Waals surface area contributed by atoms with E-state index in [2.05, 4.69) is 10.2 Å². The SMILES string of the molecule is CC1CCN(C(=O)c2cn[nH]c2-c2ccccc2F)CC1O. The molecule has 0 radical (unpaired) electrons. The van der Waals surface area contributed by atoms with Crippen LogP contribution in [0.4, 0.5) is 4.39 Å². The van der Waals surface area contributed by atoms with Crippen molar-refractivity contribution in [1.29, 1.82) is 0 Å². The predicted molar refractivity (Wildman–Crippen MR) is 79.7 cm³/mol. The van der Waals surface area contributed by atoms with E-state index in [1.807, 2.05) is 6.92 Å². The molecule has 3 rings (SSSR count). The molecule has 0 bridgehead atoms. The highest BCUT2D eigenvalue weighted by atomic mass is 19.1. The fourth-order valence-corrected chi connectivity index (χ4v) is 2.72. The number of nitrogens with zero attached hydrogens (tertiary/aromatic N) is 2. The summed E-state index contributed by atoms with van der Waals surface area (Å²) in [7, 11) is 0. The second kappa shape index (κ2) is 5.88. The average molecular weight is 303 g/mol. The summed E-state index contributed by atoms with van der Waals surface area (Å²) in [5, 5.41) is 16.5. The van der Waals surface area contributed by atoms with Crippen LogP contribution in [0.3, 0.4) is 0 Å². The molecular weight excluding hydrogens is 285 g/mol. The molecule has 116 valence electrons. The molecule has 2 heterocycles. The lowest BCUT2D eigenvalue weighted by molar-refractivity contribution is 0.0249. The van der Waals surface area contributed by atoms with Crippen LogP contribution in [0.5, 0.6) is 0 Å². The van der Waals surface area contributed by atoms with Gasteiger partial charge in [0.05, 0.1) is 23.6 Å². The van der Waals surface area contributed by atoms with Gasteiger partial charge in [-0.25, -0.2) is 4.39 Å². The number of hydrogen-bond acceptors (Lipinski definition) is 3. The van der Waals surface area contributed by atoms with Gasteiger partial charge in [0.2, 0.25) is 0 Å². The standard InChI is InChI=1S/C16H18FN3O2/c1-10-6-7-20(9-14(10)21)16(22)12-8-18-19-15(12)11-4-2-3-5-13(11)17/h2-5,8,10,14,21H,6-7,9H2,1H3,(H,18,19). The molecule has 5 nitrogen and oxygen atoms in total. The molecule has 0 spiro atoms. The Kier molecular flexibility index (Phi) is 3.94. The van der Waals surface area contributed by atoms with Crippen molar-refractivity contribution in [1.82, 2.24) is 15.1 Å². The molecule has 2 atom stereocenters. The number of amides is 1. The van der Waals surface area contributed by atoms with Crippen molar-refractivity contribution in [3.8, 4) is 11.3 Å². The number of benzene rings is 1. The normalized spacial score (nSPS) is 21.9. The van der Waals surface area contributed by atoms with Gasteiger partial charge in [-0.15, -0.1) is 0 Å². The maximum absolute atomic E-state index is 13.9. The summed E-state index contributed by atoms with van der Waals surface area (Å²) in [5.41, 5.74) is 1.01. The first-order valence-electron chi connectivity index (χ1n) is 7.33. The number of piperidine rings is 1. The van der Waals surface area contributed by atoms with Gasteiger partial charge in [-0.2, -0.15) is 5.10 Å². The summed E-state index contributed by atoms with van der Waals surface area (Å²) >= 11 is 0. The van der Waals surface area contributed by atoms with Crippen LogP contribution >= 0.6 is 0 Å². The first kappa shape index (κ1) is 14.7. The van der Waals surface area contributed by atoms with Crippen LogP contribution in [-0.4, -0.2) is 45.3 Å². The molecule has 0 saturated carbocycles. The van der Waals surface area contributed by atoms with E-state index in [1.54, 1.807) is 23.1 Å². The Morgan fingerprint density at radius 1 is 1.45 bits per heavy atom. The molecular formula is C16H18FN3O2. The van der Waals surface area contributed by atoms with Gasteiger partial charge >= 0.3 is 0 Å². The monoisotopic (exact) mass is 303 g/mol. The number of hydrogen-bond donors (Lipinski definition) is 2. The first-order chi connectivity index (χ1) is 10.6. The fourth-order valence-electron chi connectivity index (χ4n) is 2.72. The zero-order chi connectivity index (χ0) is 15.7. The van der Waals surface area contributed by atoms with Crippen LogP contribution in [0, 0.1) is 11.7 Å². The molecule has 1 aromatic heterocycles. The number of aromatic nitrogens is 2. The van der Waals surface area contributed by atoms with Gasteiger partial charge in [-0.1, -0.05) is 19.1 Å². The van der Waals surface area contributed by atoms with E-state index in [4.69, 9.17) is 0 Å². The highest BCUT2D eigenvalue weighted by Gasteiger charge is 2.30. The number of likely N-dealkylation sites (tertiary alicyclic amines) is 1. The van der Waals surface area contributed by atoms with Crippen LogP contribution in [0.1, 0.15) is 23.7 Å². The summed E-state index contributed by atoms with van der Waals surface area (Å²) < 4.78 is 13.9. The Bertz CT molecular complexity index is 686. The van der Waals surface area contributed by atoms with Crippen molar-refractivity contribution in [2.24, 2.45) is 5.92 Å². The third-order valence-corrected chi connectivity index (χ3v) is 4.22. The van der Waals surface area contributed by atoms with Crippen LogP contribution in [-0.2, 0) is 0 Å². The molecule has 2 N–H and O–H groups in total. The molecule has 22 heavy (non-hydrogen) atoms. The lowest BCUT2D eigenvalue weighted by Gasteiger charge is -2.34. The number of halogens is 1. The van der Waals surface area contributed by atoms with Crippen molar-refractivity contribution in [2.45, 2.75) is 19.4 Å². The van der Waals surface area contributed by atoms with Gasteiger partial charge in [0.1, 0.15) is 5.82 Å². The second-order valence-corrected chi connectivity index (χ2v) is 5.72. The molecule has 2 unspecified atom stereocenters. The van der Waals surface area contributed by atoms with Crippen molar-refractivity contribution in [3.63, 3.8) is 0 Å². The number of H-pyrrole nitrogens is 1. The number of rotatable bonds is 2. The molecule has 6 heteroatoms. The zero-order valence-electron chi connectivity index (χ0n) is 12.3. The van der Waals surface area contributed by atoms with E-state index in [1.165, 1.54) is 12.3 Å². The fraction of sp³-hybridized carbons (Fsp3) is 0.375. The predicted octanol–water partition coefficient (Wildman–Crippen LogP) is 2.06. The summed E-state index contributed by atoms with van der Waals surface area (Å²) in [6, 6.07) is 6.25. The van der Waals surface area contributed by atoms with Crippen molar-refractivity contribution < 1.29 is 14.3 Å². The Labute approximate surface area is 127 Å². The Morgan fingerprint density at radius 3 is 2.95 bits per heavy atom. The lowest BCUT2D eigenvalue weighted by atomic mass is 9.95. The van der Waals surface area contributed by atoms with Crippen LogP contribution in [0.15, 0.2) is 30.5 Å². The Hall–Kier alpha value is -2.21. The summed E-state index contributed by atoms with van der Waals surface area (Å²) in [6.45, 7) is 2.84. The molecule has 1 aliphatic heterocycles. The maximum atomic E-state index is 13.9. The highest BCUT2D eigenvalue weighted by Crippen LogP contribution is 2.26. The van der Waals surface area contributed by atoms with E-state index in [0.717, 1.165) is 6.42 Å². The van der Waals surface area contributed by atoms with E-state index in [-0.39, 0.29) is 11.8 Å². The quantitative estimate of drug-likeness (QED) is 0.892. The van der Waals surface area contributed by atoms with Gasteiger partial charge < -0.3 is 10.0 Å². The van der Waals surface area contributed by atoms with Gasteiger partial charge in [0.15, 0.2) is 0 Å². The first-order valence-corrected chi connectivity index (χ1v) is 7.33. The van der Waals surface area contributed by atoms with Crippen molar-refractivity contribution in [3.05, 3.63) is 41.8 Å². The van der Waals surface area contributed by atoms with E-state index < -0.39 is 11.9 Å². The number of aliphatic hydroxyl groups excluding tert-OH is 1. The largest absolute Gasteiger partial charge is 0.391 e. The van der Waals surface area contributed by atoms with E-state index in [0.29, 0.717) is 29.9 Å². The average Bonchev–Trinajstić information content (AvgIpc) is 2.99. The second-order valence-electron chi connectivity index (χ2n) is 5.72. The highest BCUT2D eigenvalue weighted by molar-refractivity contribution is 5.99. The van der Waals surface area contributed by atoms with Gasteiger partial charge in [-0.05, 0) is 24.5 Å². The van der Waals surface area contributed by atoms with E-state index in [9.17, 15) is 14.3 Å². The van der Waals surface area contributed by atoms with Gasteiger partial charge in [0, 0.05) is 18.7 Å². The number of aromatic amines is 1. The number of aliphatic hydroxyl groups is 1. The van der Waals surface area contributed by atoms with Crippen molar-refractivity contribution in [2.75, 3.05) is 13.1 Å². The smallest absolute Gasteiger partial charge is 0.257 e. The Balaban J connectivity index is 1.89. The molecule has 1 aliphatic rings. The molecule has 1 fully saturated rings.